The van der Waals surface area contributed by atoms with E-state index in [0.29, 0.717) is 6.42 Å². The lowest BCUT2D eigenvalue weighted by Crippen LogP contribution is -2.34. The number of nitriles is 1. The number of nitrogens with two attached hydrogens (primary N) is 1. The van der Waals surface area contributed by atoms with Gasteiger partial charge in [0.1, 0.15) is 11.3 Å². The molecule has 3 heteroatoms. The predicted molar refractivity (Wildman–Crippen MR) is 54.6 cm³/mol. The predicted octanol–water partition coefficient (Wildman–Crippen LogP) is 1.57. The summed E-state index contributed by atoms with van der Waals surface area (Å²) < 4.78 is 0. The number of nitrogens with zero attached hydrogens (tertiary/aromatic N) is 1. The van der Waals surface area contributed by atoms with Crippen LogP contribution in [0.5, 0.6) is 5.75 Å². The minimum absolute atomic E-state index is 0.254. The molecule has 0 aliphatic carbocycles. The van der Waals surface area contributed by atoms with Gasteiger partial charge in [-0.25, -0.2) is 0 Å². The standard InChI is InChI=1S/C11H14N2O/c1-11(13,8-12)7-6-9-2-4-10(14)5-3-9/h2-5,14H,6-7,13H2,1H3. The molecule has 0 spiro atoms. The highest BCUT2D eigenvalue weighted by Crippen LogP contribution is 2.14. The van der Waals surface area contributed by atoms with Crippen LogP contribution in [0.25, 0.3) is 0 Å². The summed E-state index contributed by atoms with van der Waals surface area (Å²) in [5, 5.41) is 17.8. The molecule has 0 aromatic heterocycles. The van der Waals surface area contributed by atoms with E-state index in [2.05, 4.69) is 6.07 Å². The lowest BCUT2D eigenvalue weighted by atomic mass is 9.96. The Morgan fingerprint density at radius 3 is 2.50 bits per heavy atom. The summed E-state index contributed by atoms with van der Waals surface area (Å²) in [6, 6.07) is 8.99. The van der Waals surface area contributed by atoms with Crippen molar-refractivity contribution in [3.63, 3.8) is 0 Å². The molecule has 1 aromatic carbocycles. The average molecular weight is 190 g/mol. The van der Waals surface area contributed by atoms with Crippen molar-refractivity contribution in [1.82, 2.24) is 0 Å². The molecular formula is C11H14N2O. The summed E-state index contributed by atoms with van der Waals surface area (Å²) >= 11 is 0. The van der Waals surface area contributed by atoms with E-state index >= 15 is 0 Å². The van der Waals surface area contributed by atoms with Gasteiger partial charge < -0.3 is 10.8 Å². The van der Waals surface area contributed by atoms with E-state index in [1.54, 1.807) is 19.1 Å². The highest BCUT2D eigenvalue weighted by atomic mass is 16.3. The van der Waals surface area contributed by atoms with E-state index in [0.717, 1.165) is 12.0 Å². The van der Waals surface area contributed by atoms with Crippen molar-refractivity contribution in [3.8, 4) is 11.8 Å². The van der Waals surface area contributed by atoms with Crippen LogP contribution < -0.4 is 5.73 Å². The summed E-state index contributed by atoms with van der Waals surface area (Å²) in [5.74, 6) is 0.254. The van der Waals surface area contributed by atoms with Gasteiger partial charge in [-0.1, -0.05) is 12.1 Å². The molecule has 0 saturated carbocycles. The van der Waals surface area contributed by atoms with E-state index in [4.69, 9.17) is 16.1 Å². The van der Waals surface area contributed by atoms with Crippen molar-refractivity contribution in [2.75, 3.05) is 0 Å². The van der Waals surface area contributed by atoms with Crippen molar-refractivity contribution in [2.24, 2.45) is 5.73 Å². The minimum Gasteiger partial charge on any atom is -0.508 e. The van der Waals surface area contributed by atoms with Gasteiger partial charge >= 0.3 is 0 Å². The summed E-state index contributed by atoms with van der Waals surface area (Å²) in [6.07, 6.45) is 1.37. The van der Waals surface area contributed by atoms with Gasteiger partial charge in [0, 0.05) is 0 Å². The van der Waals surface area contributed by atoms with Gasteiger partial charge in [-0.3, -0.25) is 0 Å². The van der Waals surface area contributed by atoms with Crippen molar-refractivity contribution in [1.29, 1.82) is 5.26 Å². The Morgan fingerprint density at radius 1 is 1.43 bits per heavy atom. The Hall–Kier alpha value is -1.53. The third-order valence-electron chi connectivity index (χ3n) is 2.12. The summed E-state index contributed by atoms with van der Waals surface area (Å²) in [4.78, 5) is 0. The molecule has 0 radical (unpaired) electrons. The quantitative estimate of drug-likeness (QED) is 0.760. The van der Waals surface area contributed by atoms with Gasteiger partial charge in [0.25, 0.3) is 0 Å². The van der Waals surface area contributed by atoms with Gasteiger partial charge in [0.15, 0.2) is 0 Å². The van der Waals surface area contributed by atoms with E-state index in [1.165, 1.54) is 0 Å². The maximum atomic E-state index is 9.05. The fourth-order valence-electron chi connectivity index (χ4n) is 1.12. The topological polar surface area (TPSA) is 70.0 Å². The zero-order valence-electron chi connectivity index (χ0n) is 8.20. The van der Waals surface area contributed by atoms with Crippen LogP contribution in [-0.2, 0) is 6.42 Å². The molecule has 3 N–H and O–H groups in total. The molecule has 0 fully saturated rings. The first-order valence-electron chi connectivity index (χ1n) is 4.51. The van der Waals surface area contributed by atoms with Gasteiger partial charge in [0.05, 0.1) is 6.07 Å². The number of hydrogen-bond acceptors (Lipinski definition) is 3. The summed E-state index contributed by atoms with van der Waals surface area (Å²) in [5.41, 5.74) is 6.00. The third kappa shape index (κ3) is 3.08. The van der Waals surface area contributed by atoms with Crippen LogP contribution in [0.15, 0.2) is 24.3 Å². The van der Waals surface area contributed by atoms with Gasteiger partial charge in [0.2, 0.25) is 0 Å². The normalized spacial score (nSPS) is 14.4. The van der Waals surface area contributed by atoms with E-state index in [9.17, 15) is 0 Å². The van der Waals surface area contributed by atoms with Crippen LogP contribution in [0.2, 0.25) is 0 Å². The SMILES string of the molecule is CC(N)(C#N)CCc1ccc(O)cc1. The van der Waals surface area contributed by atoms with Crippen molar-refractivity contribution in [2.45, 2.75) is 25.3 Å². The number of hydrogen-bond donors (Lipinski definition) is 2. The highest BCUT2D eigenvalue weighted by molar-refractivity contribution is 5.26. The number of aryl methyl sites for hydroxylation is 1. The molecule has 0 saturated heterocycles. The largest absolute Gasteiger partial charge is 0.508 e. The fraction of sp³-hybridized carbons (Fsp3) is 0.364. The molecule has 0 bridgehead atoms. The molecule has 3 nitrogen and oxygen atoms in total. The zero-order chi connectivity index (χ0) is 10.6. The smallest absolute Gasteiger partial charge is 0.115 e. The van der Waals surface area contributed by atoms with Gasteiger partial charge in [-0.05, 0) is 37.5 Å². The van der Waals surface area contributed by atoms with Crippen LogP contribution in [-0.4, -0.2) is 10.6 Å². The van der Waals surface area contributed by atoms with Crippen LogP contribution in [0.3, 0.4) is 0 Å². The molecule has 1 rings (SSSR count). The van der Waals surface area contributed by atoms with E-state index in [-0.39, 0.29) is 5.75 Å². The average Bonchev–Trinajstić information content (AvgIpc) is 2.17. The third-order valence-corrected chi connectivity index (χ3v) is 2.12. The van der Waals surface area contributed by atoms with Crippen molar-refractivity contribution in [3.05, 3.63) is 29.8 Å². The number of phenolic OH excluding ortho intramolecular Hbond substituents is 1. The van der Waals surface area contributed by atoms with E-state index in [1.807, 2.05) is 12.1 Å². The second-order valence-corrected chi connectivity index (χ2v) is 3.70. The Morgan fingerprint density at radius 2 is 2.00 bits per heavy atom. The molecular weight excluding hydrogens is 176 g/mol. The van der Waals surface area contributed by atoms with Crippen LogP contribution in [0, 0.1) is 11.3 Å². The second kappa shape index (κ2) is 4.12. The van der Waals surface area contributed by atoms with Crippen LogP contribution in [0.1, 0.15) is 18.9 Å². The Kier molecular flexibility index (Phi) is 3.10. The molecule has 1 aromatic rings. The molecule has 0 amide bonds. The Bertz CT molecular complexity index is 335. The van der Waals surface area contributed by atoms with Gasteiger partial charge in [-0.2, -0.15) is 5.26 Å². The maximum absolute atomic E-state index is 9.05. The molecule has 1 atom stereocenters. The van der Waals surface area contributed by atoms with Crippen molar-refractivity contribution >= 4 is 0 Å². The first kappa shape index (κ1) is 10.6. The summed E-state index contributed by atoms with van der Waals surface area (Å²) in [6.45, 7) is 1.72. The highest BCUT2D eigenvalue weighted by Gasteiger charge is 2.16. The van der Waals surface area contributed by atoms with Gasteiger partial charge in [-0.15, -0.1) is 0 Å². The van der Waals surface area contributed by atoms with Crippen molar-refractivity contribution < 1.29 is 5.11 Å². The fourth-order valence-corrected chi connectivity index (χ4v) is 1.12. The second-order valence-electron chi connectivity index (χ2n) is 3.70. The van der Waals surface area contributed by atoms with E-state index < -0.39 is 5.54 Å². The van der Waals surface area contributed by atoms with Crippen LogP contribution in [0.4, 0.5) is 0 Å². The first-order chi connectivity index (χ1) is 6.53. The minimum atomic E-state index is -0.766. The molecule has 0 aliphatic rings. The molecule has 0 heterocycles. The Labute approximate surface area is 83.8 Å². The number of benzene rings is 1. The first-order valence-corrected chi connectivity index (χ1v) is 4.51. The number of phenols is 1. The zero-order valence-corrected chi connectivity index (χ0v) is 8.20. The Balaban J connectivity index is 2.55. The number of rotatable bonds is 3. The summed E-state index contributed by atoms with van der Waals surface area (Å²) in [7, 11) is 0. The molecule has 74 valence electrons. The lowest BCUT2D eigenvalue weighted by Gasteiger charge is -2.14. The molecule has 0 aliphatic heterocycles. The van der Waals surface area contributed by atoms with Crippen LogP contribution >= 0.6 is 0 Å². The molecule has 1 unspecified atom stereocenters. The molecule has 14 heavy (non-hydrogen) atoms. The lowest BCUT2D eigenvalue weighted by molar-refractivity contribution is 0.475. The number of aromatic hydroxyl groups is 1. The maximum Gasteiger partial charge on any atom is 0.115 e. The monoisotopic (exact) mass is 190 g/mol.